The second-order valence-electron chi connectivity index (χ2n) is 6.24. The summed E-state index contributed by atoms with van der Waals surface area (Å²) in [5.74, 6) is -0.417. The minimum absolute atomic E-state index is 0.144. The number of piperidine rings is 1. The van der Waals surface area contributed by atoms with Crippen LogP contribution in [0.4, 0.5) is 5.69 Å². The first kappa shape index (κ1) is 18.2. The zero-order valence-corrected chi connectivity index (χ0v) is 14.3. The number of hydrogen-bond donors (Lipinski definition) is 0. The fraction of sp³-hybridized carbons (Fsp3) is 0.500. The molecule has 1 aromatic rings. The fourth-order valence-corrected chi connectivity index (χ4v) is 3.16. The van der Waals surface area contributed by atoms with Gasteiger partial charge in [0.25, 0.3) is 11.6 Å². The maximum atomic E-state index is 12.2. The molecule has 130 valence electrons. The molecule has 0 aromatic heterocycles. The van der Waals surface area contributed by atoms with Gasteiger partial charge in [0.2, 0.25) is 0 Å². The van der Waals surface area contributed by atoms with E-state index < -0.39 is 23.2 Å². The van der Waals surface area contributed by atoms with Crippen LogP contribution in [-0.4, -0.2) is 41.4 Å². The molecule has 8 heteroatoms. The predicted octanol–water partition coefficient (Wildman–Crippen LogP) is 2.91. The molecule has 0 aliphatic carbocycles. The minimum Gasteiger partial charge on any atom is -0.452 e. The number of nitro benzene ring substituents is 1. The lowest BCUT2D eigenvalue weighted by Gasteiger charge is -2.34. The largest absolute Gasteiger partial charge is 0.452 e. The van der Waals surface area contributed by atoms with Crippen LogP contribution in [0.3, 0.4) is 0 Å². The van der Waals surface area contributed by atoms with Crippen molar-refractivity contribution >= 4 is 29.2 Å². The molecule has 0 radical (unpaired) electrons. The van der Waals surface area contributed by atoms with E-state index in [0.717, 1.165) is 12.5 Å². The molecule has 7 nitrogen and oxygen atoms in total. The van der Waals surface area contributed by atoms with Crippen LogP contribution >= 0.6 is 11.6 Å². The number of benzene rings is 1. The van der Waals surface area contributed by atoms with Crippen LogP contribution in [0.1, 0.15) is 30.6 Å². The third-order valence-electron chi connectivity index (χ3n) is 3.92. The highest BCUT2D eigenvalue weighted by Gasteiger charge is 2.27. The Labute approximate surface area is 144 Å². The van der Waals surface area contributed by atoms with E-state index in [1.165, 1.54) is 12.1 Å². The highest BCUT2D eigenvalue weighted by atomic mass is 35.5. The van der Waals surface area contributed by atoms with Crippen molar-refractivity contribution in [2.24, 2.45) is 11.8 Å². The molecule has 2 atom stereocenters. The average Bonchev–Trinajstić information content (AvgIpc) is 2.51. The van der Waals surface area contributed by atoms with Crippen molar-refractivity contribution in [1.29, 1.82) is 0 Å². The molecule has 0 spiro atoms. The number of esters is 1. The molecular weight excluding hydrogens is 336 g/mol. The Morgan fingerprint density at radius 2 is 1.96 bits per heavy atom. The van der Waals surface area contributed by atoms with Crippen LogP contribution in [0.2, 0.25) is 5.02 Å². The highest BCUT2D eigenvalue weighted by molar-refractivity contribution is 6.31. The summed E-state index contributed by atoms with van der Waals surface area (Å²) in [5, 5.41) is 11.1. The highest BCUT2D eigenvalue weighted by Crippen LogP contribution is 2.24. The normalized spacial score (nSPS) is 20.5. The summed E-state index contributed by atoms with van der Waals surface area (Å²) in [6.45, 7) is 4.96. The molecule has 0 saturated carbocycles. The Balaban J connectivity index is 2.00. The summed E-state index contributed by atoms with van der Waals surface area (Å²) in [5.41, 5.74) is -0.669. The zero-order chi connectivity index (χ0) is 17.9. The fourth-order valence-electron chi connectivity index (χ4n) is 2.99. The first-order valence-corrected chi connectivity index (χ1v) is 8.04. The van der Waals surface area contributed by atoms with Crippen molar-refractivity contribution in [2.75, 3.05) is 19.7 Å². The van der Waals surface area contributed by atoms with E-state index in [1.807, 2.05) is 0 Å². The minimum atomic E-state index is -0.912. The number of halogens is 1. The van der Waals surface area contributed by atoms with Crippen LogP contribution in [0.15, 0.2) is 18.2 Å². The standard InChI is InChI=1S/C16H19ClN2O5/c1-10-5-11(2)8-18(7-10)15(20)9-24-16(21)13-4-3-12(17)6-14(13)19(22)23/h3-4,6,10-11H,5,7-9H2,1-2H3/t10-,11-/m1/s1. The van der Waals surface area contributed by atoms with Crippen molar-refractivity contribution < 1.29 is 19.2 Å². The van der Waals surface area contributed by atoms with E-state index in [2.05, 4.69) is 13.8 Å². The van der Waals surface area contributed by atoms with Crippen LogP contribution < -0.4 is 0 Å². The topological polar surface area (TPSA) is 89.8 Å². The number of amides is 1. The van der Waals surface area contributed by atoms with Gasteiger partial charge in [-0.05, 0) is 30.4 Å². The van der Waals surface area contributed by atoms with Gasteiger partial charge in [-0.2, -0.15) is 0 Å². The van der Waals surface area contributed by atoms with E-state index in [-0.39, 0.29) is 16.5 Å². The molecule has 1 aromatic carbocycles. The number of likely N-dealkylation sites (tertiary alicyclic amines) is 1. The molecule has 1 aliphatic rings. The number of rotatable bonds is 4. The van der Waals surface area contributed by atoms with Gasteiger partial charge in [-0.3, -0.25) is 14.9 Å². The van der Waals surface area contributed by atoms with E-state index in [9.17, 15) is 19.7 Å². The second-order valence-corrected chi connectivity index (χ2v) is 6.68. The van der Waals surface area contributed by atoms with Crippen LogP contribution in [0.25, 0.3) is 0 Å². The average molecular weight is 355 g/mol. The first-order valence-electron chi connectivity index (χ1n) is 7.66. The lowest BCUT2D eigenvalue weighted by atomic mass is 9.92. The third-order valence-corrected chi connectivity index (χ3v) is 4.16. The van der Waals surface area contributed by atoms with Gasteiger partial charge >= 0.3 is 5.97 Å². The van der Waals surface area contributed by atoms with Gasteiger partial charge in [0, 0.05) is 24.2 Å². The van der Waals surface area contributed by atoms with Gasteiger partial charge in [-0.1, -0.05) is 25.4 Å². The molecular formula is C16H19ClN2O5. The number of carbonyl (C=O) groups excluding carboxylic acids is 2. The molecule has 1 aliphatic heterocycles. The summed E-state index contributed by atoms with van der Waals surface area (Å²) >= 11 is 5.70. The molecule has 1 fully saturated rings. The molecule has 24 heavy (non-hydrogen) atoms. The van der Waals surface area contributed by atoms with Crippen molar-refractivity contribution in [3.63, 3.8) is 0 Å². The Bertz CT molecular complexity index is 654. The predicted molar refractivity (Wildman–Crippen MR) is 87.9 cm³/mol. The summed E-state index contributed by atoms with van der Waals surface area (Å²) in [6, 6.07) is 3.66. The molecule has 0 unspecified atom stereocenters. The quantitative estimate of drug-likeness (QED) is 0.471. The molecule has 2 rings (SSSR count). The van der Waals surface area contributed by atoms with Gasteiger partial charge in [-0.15, -0.1) is 0 Å². The SMILES string of the molecule is C[C@@H]1C[C@@H](C)CN(C(=O)COC(=O)c2ccc(Cl)cc2[N+](=O)[O-])C1. The van der Waals surface area contributed by atoms with Crippen molar-refractivity contribution in [1.82, 2.24) is 4.90 Å². The van der Waals surface area contributed by atoms with Gasteiger partial charge in [0.15, 0.2) is 6.61 Å². The van der Waals surface area contributed by atoms with E-state index in [1.54, 1.807) is 4.90 Å². The van der Waals surface area contributed by atoms with Gasteiger partial charge in [-0.25, -0.2) is 4.79 Å². The Morgan fingerprint density at radius 1 is 1.33 bits per heavy atom. The number of nitrogens with zero attached hydrogens (tertiary/aromatic N) is 2. The van der Waals surface area contributed by atoms with Crippen LogP contribution in [0.5, 0.6) is 0 Å². The number of hydrogen-bond acceptors (Lipinski definition) is 5. The van der Waals surface area contributed by atoms with E-state index in [0.29, 0.717) is 24.9 Å². The Kier molecular flexibility index (Phi) is 5.77. The van der Waals surface area contributed by atoms with Crippen molar-refractivity contribution in [3.8, 4) is 0 Å². The maximum Gasteiger partial charge on any atom is 0.345 e. The van der Waals surface area contributed by atoms with E-state index in [4.69, 9.17) is 16.3 Å². The molecule has 1 saturated heterocycles. The maximum absolute atomic E-state index is 12.2. The monoisotopic (exact) mass is 354 g/mol. The van der Waals surface area contributed by atoms with Gasteiger partial charge in [0.1, 0.15) is 5.56 Å². The first-order chi connectivity index (χ1) is 11.3. The molecule has 0 N–H and O–H groups in total. The summed E-state index contributed by atoms with van der Waals surface area (Å²) in [4.78, 5) is 36.2. The molecule has 1 heterocycles. The summed E-state index contributed by atoms with van der Waals surface area (Å²) < 4.78 is 4.97. The van der Waals surface area contributed by atoms with Gasteiger partial charge in [0.05, 0.1) is 4.92 Å². The third kappa shape index (κ3) is 4.44. The van der Waals surface area contributed by atoms with Crippen LogP contribution in [0, 0.1) is 22.0 Å². The van der Waals surface area contributed by atoms with Crippen LogP contribution in [-0.2, 0) is 9.53 Å². The summed E-state index contributed by atoms with van der Waals surface area (Å²) in [6.07, 6.45) is 1.06. The molecule has 1 amide bonds. The van der Waals surface area contributed by atoms with Crippen molar-refractivity contribution in [2.45, 2.75) is 20.3 Å². The zero-order valence-electron chi connectivity index (χ0n) is 13.5. The van der Waals surface area contributed by atoms with Gasteiger partial charge < -0.3 is 9.64 Å². The van der Waals surface area contributed by atoms with Crippen molar-refractivity contribution in [3.05, 3.63) is 38.9 Å². The lowest BCUT2D eigenvalue weighted by Crippen LogP contribution is -2.44. The number of carbonyl (C=O) groups is 2. The van der Waals surface area contributed by atoms with E-state index >= 15 is 0 Å². The lowest BCUT2D eigenvalue weighted by molar-refractivity contribution is -0.385. The summed E-state index contributed by atoms with van der Waals surface area (Å²) in [7, 11) is 0. The number of nitro groups is 1. The Hall–Kier alpha value is -2.15. The second kappa shape index (κ2) is 7.61. The smallest absolute Gasteiger partial charge is 0.345 e. The Morgan fingerprint density at radius 3 is 2.54 bits per heavy atom. The number of ether oxygens (including phenoxy) is 1. The molecule has 0 bridgehead atoms.